The molecule has 132 valence electrons. The molecule has 1 fully saturated rings. The lowest BCUT2D eigenvalue weighted by molar-refractivity contribution is -0.116. The number of rotatable bonds is 4. The first-order chi connectivity index (χ1) is 12.6. The van der Waals surface area contributed by atoms with Gasteiger partial charge in [0, 0.05) is 35.7 Å². The lowest BCUT2D eigenvalue weighted by atomic mass is 10.2. The minimum Gasteiger partial charge on any atom is -0.336 e. The Balaban J connectivity index is 1.46. The van der Waals surface area contributed by atoms with E-state index in [-0.39, 0.29) is 18.5 Å². The quantitative estimate of drug-likeness (QED) is 0.761. The smallest absolute Gasteiger partial charge is 0.321 e. The molecule has 0 radical (unpaired) electrons. The number of aryl methyl sites for hydroxylation is 1. The Morgan fingerprint density at radius 3 is 2.65 bits per heavy atom. The van der Waals surface area contributed by atoms with Crippen molar-refractivity contribution in [2.75, 3.05) is 23.3 Å². The largest absolute Gasteiger partial charge is 0.336 e. The number of nitrogens with one attached hydrogen (secondary N) is 2. The lowest BCUT2D eigenvalue weighted by Crippen LogP contribution is -2.27. The molecule has 2 aromatic carbocycles. The predicted molar refractivity (Wildman–Crippen MR) is 102 cm³/mol. The van der Waals surface area contributed by atoms with Crippen molar-refractivity contribution in [3.63, 3.8) is 0 Å². The van der Waals surface area contributed by atoms with E-state index in [0.717, 1.165) is 22.3 Å². The van der Waals surface area contributed by atoms with Crippen molar-refractivity contribution in [3.05, 3.63) is 60.3 Å². The summed E-state index contributed by atoms with van der Waals surface area (Å²) in [6.45, 7) is 3.57. The van der Waals surface area contributed by atoms with Crippen LogP contribution in [0.1, 0.15) is 5.69 Å². The minimum absolute atomic E-state index is 0.0823. The molecule has 26 heavy (non-hydrogen) atoms. The van der Waals surface area contributed by atoms with Crippen LogP contribution in [0.25, 0.3) is 10.9 Å². The Kier molecular flexibility index (Phi) is 4.08. The Bertz CT molecular complexity index is 975. The van der Waals surface area contributed by atoms with Gasteiger partial charge in [0.1, 0.15) is 6.54 Å². The second-order valence-corrected chi connectivity index (χ2v) is 6.41. The predicted octanol–water partition coefficient (Wildman–Crippen LogP) is 3.12. The summed E-state index contributed by atoms with van der Waals surface area (Å²) in [6, 6.07) is 17.4. The van der Waals surface area contributed by atoms with E-state index in [1.165, 1.54) is 0 Å². The average molecular weight is 348 g/mol. The zero-order valence-electron chi connectivity index (χ0n) is 14.5. The zero-order valence-corrected chi connectivity index (χ0v) is 14.5. The van der Waals surface area contributed by atoms with E-state index in [4.69, 9.17) is 0 Å². The summed E-state index contributed by atoms with van der Waals surface area (Å²) in [5, 5.41) is 6.83. The fraction of sp³-hybridized carbons (Fsp3) is 0.200. The summed E-state index contributed by atoms with van der Waals surface area (Å²) in [4.78, 5) is 25.8. The molecule has 2 heterocycles. The SMILES string of the molecule is Cc1cc2ccccc2n1CC(=O)Nc1ccc(N2CCNC2=O)cc1. The van der Waals surface area contributed by atoms with Gasteiger partial charge in [-0.3, -0.25) is 9.69 Å². The highest BCUT2D eigenvalue weighted by Gasteiger charge is 2.20. The maximum Gasteiger partial charge on any atom is 0.321 e. The third kappa shape index (κ3) is 3.01. The number of fused-ring (bicyclic) bond motifs is 1. The highest BCUT2D eigenvalue weighted by Crippen LogP contribution is 2.21. The van der Waals surface area contributed by atoms with Gasteiger partial charge in [0.05, 0.1) is 0 Å². The van der Waals surface area contributed by atoms with Crippen LogP contribution in [0.4, 0.5) is 16.2 Å². The van der Waals surface area contributed by atoms with Crippen molar-refractivity contribution in [1.82, 2.24) is 9.88 Å². The molecule has 3 aromatic rings. The molecule has 0 saturated carbocycles. The average Bonchev–Trinajstić information content (AvgIpc) is 3.19. The number of benzene rings is 2. The number of hydrogen-bond donors (Lipinski definition) is 2. The molecule has 0 aliphatic carbocycles. The van der Waals surface area contributed by atoms with Gasteiger partial charge in [-0.1, -0.05) is 18.2 Å². The first kappa shape index (κ1) is 16.2. The van der Waals surface area contributed by atoms with Gasteiger partial charge < -0.3 is 15.2 Å². The molecule has 6 heteroatoms. The van der Waals surface area contributed by atoms with Gasteiger partial charge in [0.15, 0.2) is 0 Å². The van der Waals surface area contributed by atoms with Crippen LogP contribution in [0, 0.1) is 6.92 Å². The number of urea groups is 1. The number of carbonyl (C=O) groups excluding carboxylic acids is 2. The molecule has 2 N–H and O–H groups in total. The molecule has 0 spiro atoms. The highest BCUT2D eigenvalue weighted by atomic mass is 16.2. The fourth-order valence-corrected chi connectivity index (χ4v) is 3.35. The van der Waals surface area contributed by atoms with Crippen molar-refractivity contribution in [2.24, 2.45) is 0 Å². The molecule has 6 nitrogen and oxygen atoms in total. The zero-order chi connectivity index (χ0) is 18.1. The number of nitrogens with zero attached hydrogens (tertiary/aromatic N) is 2. The third-order valence-electron chi connectivity index (χ3n) is 4.64. The normalized spacial score (nSPS) is 13.9. The molecule has 1 aliphatic rings. The Morgan fingerprint density at radius 1 is 1.15 bits per heavy atom. The molecule has 1 aliphatic heterocycles. The summed E-state index contributed by atoms with van der Waals surface area (Å²) in [7, 11) is 0. The van der Waals surface area contributed by atoms with Crippen molar-refractivity contribution >= 4 is 34.2 Å². The second-order valence-electron chi connectivity index (χ2n) is 6.41. The molecule has 4 rings (SSSR count). The number of aromatic nitrogens is 1. The van der Waals surface area contributed by atoms with E-state index in [2.05, 4.69) is 16.7 Å². The molecule has 1 saturated heterocycles. The van der Waals surface area contributed by atoms with Gasteiger partial charge in [0.2, 0.25) is 5.91 Å². The number of amides is 3. The van der Waals surface area contributed by atoms with E-state index < -0.39 is 0 Å². The molecule has 1 aromatic heterocycles. The van der Waals surface area contributed by atoms with Crippen LogP contribution in [-0.2, 0) is 11.3 Å². The summed E-state index contributed by atoms with van der Waals surface area (Å²) < 4.78 is 2.01. The van der Waals surface area contributed by atoms with E-state index in [1.54, 1.807) is 4.90 Å². The minimum atomic E-state index is -0.0863. The maximum absolute atomic E-state index is 12.5. The molecule has 0 unspecified atom stereocenters. The van der Waals surface area contributed by atoms with E-state index >= 15 is 0 Å². The number of carbonyl (C=O) groups is 2. The maximum atomic E-state index is 12.5. The molecular weight excluding hydrogens is 328 g/mol. The second kappa shape index (κ2) is 6.55. The van der Waals surface area contributed by atoms with Gasteiger partial charge in [-0.2, -0.15) is 0 Å². The van der Waals surface area contributed by atoms with Gasteiger partial charge in [-0.15, -0.1) is 0 Å². The number of anilines is 2. The Morgan fingerprint density at radius 2 is 1.92 bits per heavy atom. The van der Waals surface area contributed by atoms with E-state index in [0.29, 0.717) is 18.8 Å². The monoisotopic (exact) mass is 348 g/mol. The third-order valence-corrected chi connectivity index (χ3v) is 4.64. The van der Waals surface area contributed by atoms with Gasteiger partial charge in [-0.05, 0) is 48.7 Å². The fourth-order valence-electron chi connectivity index (χ4n) is 3.35. The van der Waals surface area contributed by atoms with Crippen molar-refractivity contribution < 1.29 is 9.59 Å². The summed E-state index contributed by atoms with van der Waals surface area (Å²) in [5.41, 5.74) is 3.64. The van der Waals surface area contributed by atoms with Gasteiger partial charge >= 0.3 is 6.03 Å². The summed E-state index contributed by atoms with van der Waals surface area (Å²) in [6.07, 6.45) is 0. The molecule has 0 bridgehead atoms. The first-order valence-corrected chi connectivity index (χ1v) is 8.62. The van der Waals surface area contributed by atoms with E-state index in [1.807, 2.05) is 60.0 Å². The Labute approximate surface area is 151 Å². The van der Waals surface area contributed by atoms with E-state index in [9.17, 15) is 9.59 Å². The molecular formula is C20H20N4O2. The Hall–Kier alpha value is -3.28. The summed E-state index contributed by atoms with van der Waals surface area (Å²) >= 11 is 0. The molecule has 0 atom stereocenters. The molecule has 3 amide bonds. The van der Waals surface area contributed by atoms with Crippen molar-refractivity contribution in [2.45, 2.75) is 13.5 Å². The summed E-state index contributed by atoms with van der Waals surface area (Å²) in [5.74, 6) is -0.0823. The van der Waals surface area contributed by atoms with Crippen LogP contribution >= 0.6 is 0 Å². The van der Waals surface area contributed by atoms with Crippen LogP contribution in [0.3, 0.4) is 0 Å². The van der Waals surface area contributed by atoms with Gasteiger partial charge in [-0.25, -0.2) is 4.79 Å². The first-order valence-electron chi connectivity index (χ1n) is 8.62. The van der Waals surface area contributed by atoms with Crippen LogP contribution in [0.2, 0.25) is 0 Å². The van der Waals surface area contributed by atoms with Crippen LogP contribution in [-0.4, -0.2) is 29.6 Å². The van der Waals surface area contributed by atoms with Crippen molar-refractivity contribution in [1.29, 1.82) is 0 Å². The highest BCUT2D eigenvalue weighted by molar-refractivity contribution is 5.95. The van der Waals surface area contributed by atoms with Crippen LogP contribution < -0.4 is 15.5 Å². The number of para-hydroxylation sites is 1. The van der Waals surface area contributed by atoms with Crippen LogP contribution in [0.15, 0.2) is 54.6 Å². The lowest BCUT2D eigenvalue weighted by Gasteiger charge is -2.15. The van der Waals surface area contributed by atoms with Crippen LogP contribution in [0.5, 0.6) is 0 Å². The standard InChI is InChI=1S/C20H20N4O2/c1-14-12-15-4-2-3-5-18(15)24(14)13-19(25)22-16-6-8-17(9-7-16)23-11-10-21-20(23)26/h2-9,12H,10-11,13H2,1H3,(H,21,26)(H,22,25). The van der Waals surface area contributed by atoms with Crippen molar-refractivity contribution in [3.8, 4) is 0 Å². The van der Waals surface area contributed by atoms with Gasteiger partial charge in [0.25, 0.3) is 0 Å². The number of hydrogen-bond acceptors (Lipinski definition) is 2. The topological polar surface area (TPSA) is 66.4 Å².